The number of pyridine rings is 1. The highest BCUT2D eigenvalue weighted by atomic mass is 32.1. The smallest absolute Gasteiger partial charge is 0.0788 e. The van der Waals surface area contributed by atoms with E-state index in [1.165, 1.54) is 37.9 Å². The van der Waals surface area contributed by atoms with Crippen molar-refractivity contribution < 1.29 is 0 Å². The number of benzene rings is 2. The van der Waals surface area contributed by atoms with Crippen LogP contribution in [0.2, 0.25) is 0 Å². The zero-order chi connectivity index (χ0) is 17.7. The van der Waals surface area contributed by atoms with Gasteiger partial charge in [-0.3, -0.25) is 4.98 Å². The van der Waals surface area contributed by atoms with Crippen molar-refractivity contribution in [1.82, 2.24) is 4.98 Å². The third-order valence-corrected chi connectivity index (χ3v) is 7.01. The van der Waals surface area contributed by atoms with Gasteiger partial charge in [0, 0.05) is 27.3 Å². The summed E-state index contributed by atoms with van der Waals surface area (Å²) in [6, 6.07) is 20.2. The second kappa shape index (κ2) is 5.78. The van der Waals surface area contributed by atoms with E-state index in [2.05, 4.69) is 73.8 Å². The van der Waals surface area contributed by atoms with Gasteiger partial charge in [0.1, 0.15) is 0 Å². The molecule has 0 amide bonds. The van der Waals surface area contributed by atoms with Crippen LogP contribution < -0.4 is 0 Å². The molecule has 26 heavy (non-hydrogen) atoms. The predicted molar refractivity (Wildman–Crippen MR) is 112 cm³/mol. The summed E-state index contributed by atoms with van der Waals surface area (Å²) < 4.78 is 1.30. The minimum absolute atomic E-state index is 0.116. The molecule has 4 aromatic rings. The van der Waals surface area contributed by atoms with Gasteiger partial charge in [0.2, 0.25) is 0 Å². The number of hydrogen-bond donors (Lipinski definition) is 0. The maximum atomic E-state index is 4.73. The lowest BCUT2D eigenvalue weighted by molar-refractivity contribution is 0.490. The second-order valence-corrected chi connectivity index (χ2v) is 8.03. The van der Waals surface area contributed by atoms with E-state index in [0.29, 0.717) is 0 Å². The Morgan fingerprint density at radius 3 is 2.54 bits per heavy atom. The third kappa shape index (κ3) is 1.99. The lowest BCUT2D eigenvalue weighted by Crippen LogP contribution is -2.23. The molecule has 0 saturated carbocycles. The van der Waals surface area contributed by atoms with Gasteiger partial charge in [0.05, 0.1) is 5.69 Å². The lowest BCUT2D eigenvalue weighted by atomic mass is 9.73. The number of hydrogen-bond acceptors (Lipinski definition) is 2. The highest BCUT2D eigenvalue weighted by Crippen LogP contribution is 2.53. The fourth-order valence-corrected chi connectivity index (χ4v) is 5.52. The topological polar surface area (TPSA) is 12.9 Å². The predicted octanol–water partition coefficient (Wildman–Crippen LogP) is 7.05. The molecule has 1 nitrogen and oxygen atoms in total. The maximum Gasteiger partial charge on any atom is 0.0788 e. The summed E-state index contributed by atoms with van der Waals surface area (Å²) in [6.07, 6.45) is 4.17. The molecule has 1 aliphatic rings. The molecule has 0 aliphatic heterocycles. The third-order valence-electron chi connectivity index (χ3n) is 6.13. The summed E-state index contributed by atoms with van der Waals surface area (Å²) in [4.78, 5) is 4.73. The van der Waals surface area contributed by atoms with Crippen LogP contribution in [0.5, 0.6) is 0 Å². The number of aromatic nitrogens is 1. The van der Waals surface area contributed by atoms with Crippen molar-refractivity contribution >= 4 is 21.4 Å². The average Bonchev–Trinajstić information content (AvgIpc) is 3.28. The van der Waals surface area contributed by atoms with E-state index in [0.717, 1.165) is 18.5 Å². The monoisotopic (exact) mass is 355 g/mol. The van der Waals surface area contributed by atoms with Crippen LogP contribution in [0.15, 0.2) is 66.2 Å². The van der Waals surface area contributed by atoms with E-state index in [1.807, 2.05) is 6.20 Å². The van der Waals surface area contributed by atoms with Gasteiger partial charge in [0.25, 0.3) is 0 Å². The zero-order valence-corrected chi connectivity index (χ0v) is 15.9. The van der Waals surface area contributed by atoms with Gasteiger partial charge >= 0.3 is 0 Å². The Kier molecular flexibility index (Phi) is 3.51. The van der Waals surface area contributed by atoms with Crippen LogP contribution in [0, 0.1) is 0 Å². The van der Waals surface area contributed by atoms with Crippen molar-refractivity contribution in [3.05, 3.63) is 77.3 Å². The van der Waals surface area contributed by atoms with Crippen molar-refractivity contribution in [3.8, 4) is 22.4 Å². The number of thiophene rings is 1. The molecule has 0 spiro atoms. The van der Waals surface area contributed by atoms with Gasteiger partial charge in [-0.25, -0.2) is 0 Å². The van der Waals surface area contributed by atoms with Crippen molar-refractivity contribution in [2.24, 2.45) is 0 Å². The molecule has 2 aromatic heterocycles. The molecular weight excluding hydrogens is 334 g/mol. The van der Waals surface area contributed by atoms with Crippen LogP contribution in [0.3, 0.4) is 0 Å². The first kappa shape index (κ1) is 15.8. The molecule has 128 valence electrons. The van der Waals surface area contributed by atoms with E-state index >= 15 is 0 Å². The minimum Gasteiger partial charge on any atom is -0.256 e. The summed E-state index contributed by atoms with van der Waals surface area (Å²) in [6.45, 7) is 4.64. The summed E-state index contributed by atoms with van der Waals surface area (Å²) in [5.74, 6) is 0. The van der Waals surface area contributed by atoms with Crippen LogP contribution in [0.1, 0.15) is 37.8 Å². The van der Waals surface area contributed by atoms with Gasteiger partial charge in [-0.1, -0.05) is 50.2 Å². The Hall–Kier alpha value is -2.45. The summed E-state index contributed by atoms with van der Waals surface area (Å²) >= 11 is 1.78. The van der Waals surface area contributed by atoms with E-state index in [4.69, 9.17) is 4.98 Å². The molecule has 0 atom stereocenters. The first-order chi connectivity index (χ1) is 12.8. The maximum absolute atomic E-state index is 4.73. The first-order valence-corrected chi connectivity index (χ1v) is 10.2. The molecule has 0 bridgehead atoms. The van der Waals surface area contributed by atoms with Crippen LogP contribution in [-0.4, -0.2) is 4.98 Å². The second-order valence-electron chi connectivity index (χ2n) is 7.09. The fraction of sp³-hybridized carbons (Fsp3) is 0.208. The first-order valence-electron chi connectivity index (χ1n) is 9.35. The molecule has 0 saturated heterocycles. The quantitative estimate of drug-likeness (QED) is 0.384. The molecule has 0 unspecified atom stereocenters. The molecule has 2 heteroatoms. The Balaban J connectivity index is 1.78. The Morgan fingerprint density at radius 2 is 1.69 bits per heavy atom. The van der Waals surface area contributed by atoms with Gasteiger partial charge in [0.15, 0.2) is 0 Å². The number of fused-ring (bicyclic) bond motifs is 4. The summed E-state index contributed by atoms with van der Waals surface area (Å²) in [5, 5.41) is 3.41. The molecule has 0 fully saturated rings. The van der Waals surface area contributed by atoms with Crippen molar-refractivity contribution in [2.45, 2.75) is 32.1 Å². The van der Waals surface area contributed by atoms with Gasteiger partial charge < -0.3 is 0 Å². The van der Waals surface area contributed by atoms with E-state index in [-0.39, 0.29) is 5.41 Å². The normalized spacial score (nSPS) is 14.4. The standard InChI is InChI=1S/C24H21NS/c1-3-24(4-2)20-8-6-5-7-17(20)18-10-9-16(15-21(18)24)23-19-12-14-26-22(19)11-13-25-23/h5-15H,3-4H2,1-2H3. The molecule has 2 aromatic carbocycles. The SMILES string of the molecule is CCC1(CC)c2ccccc2-c2ccc(-c3nccc4sccc34)cc21. The van der Waals surface area contributed by atoms with Crippen LogP contribution >= 0.6 is 11.3 Å². The highest BCUT2D eigenvalue weighted by molar-refractivity contribution is 7.17. The van der Waals surface area contributed by atoms with E-state index in [1.54, 1.807) is 11.3 Å². The van der Waals surface area contributed by atoms with E-state index < -0.39 is 0 Å². The van der Waals surface area contributed by atoms with Crippen LogP contribution in [0.4, 0.5) is 0 Å². The lowest BCUT2D eigenvalue weighted by Gasteiger charge is -2.29. The molecule has 0 radical (unpaired) electrons. The van der Waals surface area contributed by atoms with Gasteiger partial charge in [-0.05, 0) is 58.7 Å². The largest absolute Gasteiger partial charge is 0.256 e. The van der Waals surface area contributed by atoms with Crippen LogP contribution in [0.25, 0.3) is 32.5 Å². The molecule has 5 rings (SSSR count). The number of rotatable bonds is 3. The minimum atomic E-state index is 0.116. The highest BCUT2D eigenvalue weighted by Gasteiger charge is 2.40. The van der Waals surface area contributed by atoms with Crippen molar-refractivity contribution in [3.63, 3.8) is 0 Å². The molecular formula is C24H21NS. The molecule has 0 N–H and O–H groups in total. The zero-order valence-electron chi connectivity index (χ0n) is 15.1. The fourth-order valence-electron chi connectivity index (χ4n) is 4.74. The summed E-state index contributed by atoms with van der Waals surface area (Å²) in [5.41, 5.74) is 8.19. The Bertz CT molecular complexity index is 1120. The Morgan fingerprint density at radius 1 is 0.885 bits per heavy atom. The average molecular weight is 356 g/mol. The van der Waals surface area contributed by atoms with Crippen LogP contribution in [-0.2, 0) is 5.41 Å². The van der Waals surface area contributed by atoms with Crippen molar-refractivity contribution in [1.29, 1.82) is 0 Å². The Labute approximate surface area is 158 Å². The van der Waals surface area contributed by atoms with Crippen molar-refractivity contribution in [2.75, 3.05) is 0 Å². The molecule has 1 aliphatic carbocycles. The van der Waals surface area contributed by atoms with Gasteiger partial charge in [-0.2, -0.15) is 0 Å². The summed E-state index contributed by atoms with van der Waals surface area (Å²) in [7, 11) is 0. The van der Waals surface area contributed by atoms with E-state index in [9.17, 15) is 0 Å². The van der Waals surface area contributed by atoms with Gasteiger partial charge in [-0.15, -0.1) is 11.3 Å². The molecule has 2 heterocycles. The number of nitrogens with zero attached hydrogens (tertiary/aromatic N) is 1.